The zero-order valence-corrected chi connectivity index (χ0v) is 18.7. The molecule has 0 N–H and O–H groups in total. The third-order valence-electron chi connectivity index (χ3n) is 5.74. The van der Waals surface area contributed by atoms with Crippen molar-refractivity contribution in [2.75, 3.05) is 0 Å². The molecule has 0 amide bonds. The Kier molecular flexibility index (Phi) is 5.49. The molecule has 3 heteroatoms. The van der Waals surface area contributed by atoms with Crippen molar-refractivity contribution in [3.8, 4) is 0 Å². The molecular formula is C23H27PSSi. The van der Waals surface area contributed by atoms with Crippen LogP contribution in [0.3, 0.4) is 0 Å². The minimum Gasteiger partial charge on any atom is -0.792 e. The summed E-state index contributed by atoms with van der Waals surface area (Å²) in [6.07, 6.45) is 0. The summed E-state index contributed by atoms with van der Waals surface area (Å²) in [5.41, 5.74) is 0. The van der Waals surface area contributed by atoms with Gasteiger partial charge in [-0.15, -0.1) is 0 Å². The van der Waals surface area contributed by atoms with Gasteiger partial charge in [0.2, 0.25) is 0 Å². The number of rotatable bonds is 5. The van der Waals surface area contributed by atoms with E-state index in [-0.39, 0.29) is 4.78 Å². The van der Waals surface area contributed by atoms with Gasteiger partial charge in [0.25, 0.3) is 0 Å². The molecule has 0 aromatic heterocycles. The van der Waals surface area contributed by atoms with E-state index in [9.17, 15) is 0 Å². The number of hydrogen-bond acceptors (Lipinski definition) is 1. The molecule has 0 saturated heterocycles. The second-order valence-corrected chi connectivity index (χ2v) is 19.5. The zero-order chi connectivity index (χ0) is 18.8. The van der Waals surface area contributed by atoms with Gasteiger partial charge < -0.3 is 12.1 Å². The molecule has 0 unspecified atom stereocenters. The Morgan fingerprint density at radius 2 is 0.885 bits per heavy atom. The standard InChI is InChI=1S/C23H27PSSi/c1-23(2,26(3,4)25)24(20-14-8-5-9-15-20,21-16-10-6-11-17-21)22-18-12-7-13-19-22/h5-19H,1-4H3. The van der Waals surface area contributed by atoms with E-state index in [0.29, 0.717) is 0 Å². The fraction of sp³-hybridized carbons (Fsp3) is 0.217. The van der Waals surface area contributed by atoms with Gasteiger partial charge in [0, 0.05) is 0 Å². The van der Waals surface area contributed by atoms with E-state index >= 15 is 0 Å². The van der Waals surface area contributed by atoms with Crippen molar-refractivity contribution in [1.29, 1.82) is 0 Å². The highest BCUT2D eigenvalue weighted by atomic mass is 32.3. The predicted molar refractivity (Wildman–Crippen MR) is 124 cm³/mol. The van der Waals surface area contributed by atoms with Gasteiger partial charge >= 0.3 is 0 Å². The normalized spacial score (nSPS) is 12.8. The Bertz CT molecular complexity index is 743. The van der Waals surface area contributed by atoms with Crippen LogP contribution in [0.4, 0.5) is 0 Å². The van der Waals surface area contributed by atoms with E-state index in [4.69, 9.17) is 12.1 Å². The van der Waals surface area contributed by atoms with Crippen molar-refractivity contribution in [3.63, 3.8) is 0 Å². The van der Waals surface area contributed by atoms with Crippen molar-refractivity contribution < 1.29 is 0 Å². The molecule has 3 aromatic rings. The van der Waals surface area contributed by atoms with Gasteiger partial charge in [-0.25, -0.2) is 0 Å². The predicted octanol–water partition coefficient (Wildman–Crippen LogP) is 5.05. The van der Waals surface area contributed by atoms with E-state index in [1.807, 2.05) is 0 Å². The maximum Gasteiger partial charge on any atom is 0.111 e. The molecule has 3 aromatic carbocycles. The average Bonchev–Trinajstić information content (AvgIpc) is 2.64. The first-order valence-corrected chi connectivity index (χ1v) is 15.0. The third kappa shape index (κ3) is 3.09. The van der Waals surface area contributed by atoms with Crippen LogP contribution >= 0.6 is 7.26 Å². The van der Waals surface area contributed by atoms with Gasteiger partial charge in [-0.3, -0.25) is 0 Å². The Labute approximate surface area is 165 Å². The Hall–Kier alpha value is -1.34. The minimum atomic E-state index is -1.94. The Balaban J connectivity index is 2.48. The maximum absolute atomic E-state index is 6.24. The minimum absolute atomic E-state index is 0.0272. The first kappa shape index (κ1) is 19.4. The molecule has 134 valence electrons. The third-order valence-corrected chi connectivity index (χ3v) is 18.3. The highest BCUT2D eigenvalue weighted by Crippen LogP contribution is 2.68. The molecule has 0 atom stereocenters. The van der Waals surface area contributed by atoms with Crippen molar-refractivity contribution in [3.05, 3.63) is 91.0 Å². The SMILES string of the molecule is CC(C)([Si](C)(C)[S-])[P+](c1ccccc1)(c1ccccc1)c1ccccc1. The molecule has 0 heterocycles. The van der Waals surface area contributed by atoms with Crippen LogP contribution in [-0.2, 0) is 12.1 Å². The molecule has 0 nitrogen and oxygen atoms in total. The fourth-order valence-corrected chi connectivity index (χ4v) is 14.1. The van der Waals surface area contributed by atoms with Crippen molar-refractivity contribution in [1.82, 2.24) is 0 Å². The van der Waals surface area contributed by atoms with E-state index in [0.717, 1.165) is 0 Å². The largest absolute Gasteiger partial charge is 0.792 e. The highest BCUT2D eigenvalue weighted by Gasteiger charge is 2.59. The zero-order valence-electron chi connectivity index (χ0n) is 16.0. The first-order chi connectivity index (χ1) is 12.3. The molecule has 0 saturated carbocycles. The Morgan fingerprint density at radius 1 is 0.615 bits per heavy atom. The van der Waals surface area contributed by atoms with Gasteiger partial charge in [0.15, 0.2) is 0 Å². The number of benzene rings is 3. The van der Waals surface area contributed by atoms with Gasteiger partial charge in [-0.05, 0) is 57.5 Å². The van der Waals surface area contributed by atoms with Crippen molar-refractivity contribution in [2.45, 2.75) is 31.7 Å². The van der Waals surface area contributed by atoms with Gasteiger partial charge in [0.05, 0.1) is 4.78 Å². The van der Waals surface area contributed by atoms with Crippen molar-refractivity contribution in [2.24, 2.45) is 0 Å². The summed E-state index contributed by atoms with van der Waals surface area (Å²) in [4.78, 5) is 0. The van der Waals surface area contributed by atoms with Crippen LogP contribution in [0.2, 0.25) is 13.1 Å². The lowest BCUT2D eigenvalue weighted by atomic mass is 10.3. The summed E-state index contributed by atoms with van der Waals surface area (Å²) in [5.74, 6) is 0. The van der Waals surface area contributed by atoms with Crippen LogP contribution in [0, 0.1) is 0 Å². The van der Waals surface area contributed by atoms with E-state index in [1.165, 1.54) is 15.9 Å². The van der Waals surface area contributed by atoms with Crippen LogP contribution in [0.1, 0.15) is 13.8 Å². The van der Waals surface area contributed by atoms with Crippen LogP contribution in [0.15, 0.2) is 91.0 Å². The molecule has 26 heavy (non-hydrogen) atoms. The second-order valence-electron chi connectivity index (χ2n) is 7.75. The lowest BCUT2D eigenvalue weighted by molar-refractivity contribution is 0.949. The van der Waals surface area contributed by atoms with Gasteiger partial charge in [-0.1, -0.05) is 67.7 Å². The molecule has 0 aliphatic heterocycles. The monoisotopic (exact) mass is 394 g/mol. The van der Waals surface area contributed by atoms with Crippen molar-refractivity contribution >= 4 is 42.5 Å². The second kappa shape index (κ2) is 7.35. The average molecular weight is 395 g/mol. The molecule has 0 bridgehead atoms. The smallest absolute Gasteiger partial charge is 0.111 e. The van der Waals surface area contributed by atoms with Gasteiger partial charge in [-0.2, -0.15) is 0 Å². The molecule has 0 spiro atoms. The topological polar surface area (TPSA) is 0 Å². The molecule has 0 aliphatic rings. The molecular weight excluding hydrogens is 367 g/mol. The van der Waals surface area contributed by atoms with Crippen LogP contribution in [-0.4, -0.2) is 12.0 Å². The van der Waals surface area contributed by atoms with Crippen LogP contribution < -0.4 is 15.9 Å². The summed E-state index contributed by atoms with van der Waals surface area (Å²) in [6, 6.07) is 33.2. The Morgan fingerprint density at radius 3 is 1.12 bits per heavy atom. The van der Waals surface area contributed by atoms with E-state index < -0.39 is 14.5 Å². The molecule has 0 fully saturated rings. The molecule has 3 rings (SSSR count). The van der Waals surface area contributed by atoms with Gasteiger partial charge in [0.1, 0.15) is 23.2 Å². The summed E-state index contributed by atoms with van der Waals surface area (Å²) in [6.45, 7) is 9.53. The molecule has 0 aliphatic carbocycles. The summed E-state index contributed by atoms with van der Waals surface area (Å²) in [7, 11) is -3.86. The molecule has 0 radical (unpaired) electrons. The lowest BCUT2D eigenvalue weighted by Crippen LogP contribution is -2.57. The highest BCUT2D eigenvalue weighted by molar-refractivity contribution is 8.07. The maximum atomic E-state index is 6.24. The van der Waals surface area contributed by atoms with E-state index in [2.05, 4.69) is 118 Å². The van der Waals surface area contributed by atoms with E-state index in [1.54, 1.807) is 0 Å². The summed E-state index contributed by atoms with van der Waals surface area (Å²) >= 11 is 6.24. The fourth-order valence-electron chi connectivity index (χ4n) is 3.77. The lowest BCUT2D eigenvalue weighted by Gasteiger charge is -2.53. The summed E-state index contributed by atoms with van der Waals surface area (Å²) < 4.78 is 0.0272. The quantitative estimate of drug-likeness (QED) is 0.331. The van der Waals surface area contributed by atoms with Crippen LogP contribution in [0.5, 0.6) is 0 Å². The summed E-state index contributed by atoms with van der Waals surface area (Å²) in [5, 5.41) is 4.27. The first-order valence-electron chi connectivity index (χ1n) is 9.08. The van der Waals surface area contributed by atoms with Crippen LogP contribution in [0.25, 0.3) is 0 Å². The number of hydrogen-bond donors (Lipinski definition) is 0.